The van der Waals surface area contributed by atoms with Gasteiger partial charge in [-0.2, -0.15) is 15.3 Å². The number of H-pyrrole nitrogens is 1. The number of benzene rings is 1. The van der Waals surface area contributed by atoms with Gasteiger partial charge in [-0.25, -0.2) is 11.6 Å². The van der Waals surface area contributed by atoms with Gasteiger partial charge in [0.15, 0.2) is 0 Å². The number of carbonyl (C=O) groups excluding carboxylic acids is 1. The van der Waals surface area contributed by atoms with Gasteiger partial charge in [-0.3, -0.25) is 19.0 Å². The first-order chi connectivity index (χ1) is 20.4. The molecular weight excluding hydrogens is 530 g/mol. The standard InChI is InChI=1S/C31H31N9O2/c1-32-16-30(7-8-30)17-39-10-9-31(18-39)26-23(40(42-4)29(31)41)14-33-28-25(26)24(27(36-28)21-13-34-37(2)15-21)19-5-6-22-20(11-19)12-35-38(22)3/h5-6,11-15H,7-10,16-18H2,2-4H3,(H,33,36). The van der Waals surface area contributed by atoms with E-state index in [2.05, 4.69) is 43.1 Å². The number of carbonyl (C=O) groups is 1. The fourth-order valence-corrected chi connectivity index (χ4v) is 7.34. The van der Waals surface area contributed by atoms with Crippen LogP contribution in [0.2, 0.25) is 0 Å². The van der Waals surface area contributed by atoms with Gasteiger partial charge in [0.05, 0.1) is 53.4 Å². The smallest absolute Gasteiger partial charge is 0.263 e. The van der Waals surface area contributed by atoms with Crippen LogP contribution in [0.25, 0.3) is 49.2 Å². The van der Waals surface area contributed by atoms with Gasteiger partial charge in [0.1, 0.15) is 5.65 Å². The van der Waals surface area contributed by atoms with Crippen LogP contribution in [0, 0.1) is 12.0 Å². The van der Waals surface area contributed by atoms with E-state index in [1.807, 2.05) is 37.4 Å². The predicted octanol–water partition coefficient (Wildman–Crippen LogP) is 4.07. The molecule has 1 saturated heterocycles. The molecule has 11 heteroatoms. The monoisotopic (exact) mass is 561 g/mol. The number of rotatable bonds is 6. The molecule has 1 aromatic carbocycles. The Labute approximate surface area is 242 Å². The second-order valence-electron chi connectivity index (χ2n) is 12.2. The van der Waals surface area contributed by atoms with Crippen molar-refractivity contribution in [1.29, 1.82) is 0 Å². The maximum Gasteiger partial charge on any atom is 0.263 e. The van der Waals surface area contributed by atoms with Gasteiger partial charge < -0.3 is 14.7 Å². The van der Waals surface area contributed by atoms with E-state index in [1.165, 1.54) is 5.06 Å². The second-order valence-corrected chi connectivity index (χ2v) is 12.2. The molecule has 2 fully saturated rings. The van der Waals surface area contributed by atoms with Gasteiger partial charge in [0.25, 0.3) is 5.91 Å². The highest BCUT2D eigenvalue weighted by Crippen LogP contribution is 2.55. The maximum absolute atomic E-state index is 14.3. The number of amides is 1. The summed E-state index contributed by atoms with van der Waals surface area (Å²) >= 11 is 0. The lowest BCUT2D eigenvalue weighted by molar-refractivity contribution is -0.128. The third kappa shape index (κ3) is 3.45. The molecule has 0 radical (unpaired) electrons. The van der Waals surface area contributed by atoms with Crippen molar-refractivity contribution in [2.24, 2.45) is 19.5 Å². The van der Waals surface area contributed by atoms with Gasteiger partial charge in [-0.1, -0.05) is 6.07 Å². The van der Waals surface area contributed by atoms with Crippen LogP contribution in [0.4, 0.5) is 5.69 Å². The average molecular weight is 562 g/mol. The van der Waals surface area contributed by atoms with Crippen LogP contribution in [-0.2, 0) is 29.1 Å². The molecule has 1 aliphatic carbocycles. The summed E-state index contributed by atoms with van der Waals surface area (Å²) in [5.74, 6) is -0.0513. The highest BCUT2D eigenvalue weighted by molar-refractivity contribution is 6.16. The Morgan fingerprint density at radius 3 is 2.71 bits per heavy atom. The number of aromatic amines is 1. The zero-order chi connectivity index (χ0) is 28.8. The van der Waals surface area contributed by atoms with Crippen LogP contribution in [-0.4, -0.2) is 73.6 Å². The largest absolute Gasteiger partial charge is 0.339 e. The van der Waals surface area contributed by atoms with Crippen molar-refractivity contribution in [3.63, 3.8) is 0 Å². The molecule has 0 bridgehead atoms. The first-order valence-electron chi connectivity index (χ1n) is 14.3. The molecule has 2 aliphatic heterocycles. The fraction of sp³-hybridized carbons (Fsp3) is 0.387. The molecule has 212 valence electrons. The van der Waals surface area contributed by atoms with E-state index < -0.39 is 5.41 Å². The first-order valence-corrected chi connectivity index (χ1v) is 14.3. The molecule has 1 unspecified atom stereocenters. The Hall–Kier alpha value is -4.53. The molecular formula is C31H31N9O2. The summed E-state index contributed by atoms with van der Waals surface area (Å²) in [5, 5.41) is 12.3. The number of likely N-dealkylation sites (tertiary alicyclic amines) is 1. The molecule has 6 heterocycles. The zero-order valence-electron chi connectivity index (χ0n) is 23.9. The molecule has 1 atom stereocenters. The van der Waals surface area contributed by atoms with Crippen LogP contribution < -0.4 is 5.06 Å². The van der Waals surface area contributed by atoms with E-state index in [0.29, 0.717) is 25.2 Å². The third-order valence-electron chi connectivity index (χ3n) is 9.58. The van der Waals surface area contributed by atoms with Gasteiger partial charge >= 0.3 is 0 Å². The molecule has 5 aromatic rings. The van der Waals surface area contributed by atoms with E-state index in [4.69, 9.17) is 16.4 Å². The van der Waals surface area contributed by atoms with Gasteiger partial charge in [-0.05, 0) is 43.5 Å². The zero-order valence-corrected chi connectivity index (χ0v) is 23.9. The molecule has 42 heavy (non-hydrogen) atoms. The molecule has 1 spiro atoms. The minimum Gasteiger partial charge on any atom is -0.339 e. The Bertz CT molecular complexity index is 1960. The van der Waals surface area contributed by atoms with Crippen molar-refractivity contribution in [3.8, 4) is 22.4 Å². The minimum absolute atomic E-state index is 0.0513. The summed E-state index contributed by atoms with van der Waals surface area (Å²) in [6, 6.07) is 6.36. The molecule has 1 saturated carbocycles. The van der Waals surface area contributed by atoms with Crippen molar-refractivity contribution in [1.82, 2.24) is 34.4 Å². The van der Waals surface area contributed by atoms with E-state index in [9.17, 15) is 4.79 Å². The molecule has 3 aliphatic rings. The van der Waals surface area contributed by atoms with Crippen LogP contribution in [0.3, 0.4) is 0 Å². The highest BCUT2D eigenvalue weighted by atomic mass is 16.7. The normalized spacial score (nSPS) is 21.2. The predicted molar refractivity (Wildman–Crippen MR) is 158 cm³/mol. The number of hydroxylamine groups is 1. The Balaban J connectivity index is 1.37. The minimum atomic E-state index is -0.776. The highest BCUT2D eigenvalue weighted by Gasteiger charge is 2.58. The summed E-state index contributed by atoms with van der Waals surface area (Å²) in [5.41, 5.74) is 6.57. The summed E-state index contributed by atoms with van der Waals surface area (Å²) in [6.07, 6.45) is 10.3. The van der Waals surface area contributed by atoms with Crippen molar-refractivity contribution in [3.05, 3.63) is 60.0 Å². The van der Waals surface area contributed by atoms with E-state index in [1.54, 1.807) is 18.0 Å². The van der Waals surface area contributed by atoms with E-state index >= 15 is 0 Å². The Kier molecular flexibility index (Phi) is 5.24. The number of hydrogen-bond donors (Lipinski definition) is 1. The number of pyridine rings is 1. The number of nitrogens with zero attached hydrogens (tertiary/aromatic N) is 8. The third-order valence-corrected chi connectivity index (χ3v) is 9.58. The van der Waals surface area contributed by atoms with E-state index in [-0.39, 0.29) is 11.3 Å². The average Bonchev–Trinajstić information content (AvgIpc) is 3.44. The Morgan fingerprint density at radius 2 is 1.98 bits per heavy atom. The number of fused-ring (bicyclic) bond motifs is 5. The number of aryl methyl sites for hydroxylation is 2. The lowest BCUT2D eigenvalue weighted by Crippen LogP contribution is -2.43. The Morgan fingerprint density at radius 1 is 1.12 bits per heavy atom. The number of aromatic nitrogens is 6. The number of anilines is 1. The molecule has 11 nitrogen and oxygen atoms in total. The van der Waals surface area contributed by atoms with Gasteiger partial charge in [0, 0.05) is 60.8 Å². The summed E-state index contributed by atoms with van der Waals surface area (Å²) in [6.45, 7) is 10.2. The topological polar surface area (TPSA) is 101 Å². The lowest BCUT2D eigenvalue weighted by Gasteiger charge is -2.25. The lowest BCUT2D eigenvalue weighted by atomic mass is 9.78. The summed E-state index contributed by atoms with van der Waals surface area (Å²) in [4.78, 5) is 34.6. The number of hydrogen-bond acceptors (Lipinski definition) is 6. The van der Waals surface area contributed by atoms with Crippen molar-refractivity contribution >= 4 is 33.5 Å². The van der Waals surface area contributed by atoms with Crippen molar-refractivity contribution < 1.29 is 9.63 Å². The van der Waals surface area contributed by atoms with Crippen LogP contribution >= 0.6 is 0 Å². The van der Waals surface area contributed by atoms with Crippen LogP contribution in [0.1, 0.15) is 24.8 Å². The van der Waals surface area contributed by atoms with Gasteiger partial charge in [0.2, 0.25) is 6.54 Å². The summed E-state index contributed by atoms with van der Waals surface area (Å²) < 4.78 is 3.66. The quantitative estimate of drug-likeness (QED) is 0.314. The van der Waals surface area contributed by atoms with Crippen LogP contribution in [0.5, 0.6) is 0 Å². The summed E-state index contributed by atoms with van der Waals surface area (Å²) in [7, 11) is 5.39. The van der Waals surface area contributed by atoms with Crippen LogP contribution in [0.15, 0.2) is 43.0 Å². The second kappa shape index (κ2) is 8.74. The van der Waals surface area contributed by atoms with Gasteiger partial charge in [-0.15, -0.1) is 0 Å². The number of nitrogens with one attached hydrogen (secondary N) is 1. The maximum atomic E-state index is 14.3. The molecule has 1 N–H and O–H groups in total. The fourth-order valence-electron chi connectivity index (χ4n) is 7.34. The van der Waals surface area contributed by atoms with Crippen molar-refractivity contribution in [2.75, 3.05) is 38.4 Å². The molecule has 1 amide bonds. The molecule has 8 rings (SSSR count). The SMILES string of the molecule is [C-]#[N+]CC1(CN2CCC3(C2)C(=O)N(OC)c2cnc4[nH]c(-c5cnn(C)c5)c(-c5ccc6c(cnn6C)c5)c4c23)CC1. The van der Waals surface area contributed by atoms with Crippen molar-refractivity contribution in [2.45, 2.75) is 24.7 Å². The first kappa shape index (κ1) is 25.2. The van der Waals surface area contributed by atoms with E-state index in [0.717, 1.165) is 75.8 Å². The molecule has 4 aromatic heterocycles.